The van der Waals surface area contributed by atoms with Crippen LogP contribution in [0.15, 0.2) is 23.3 Å². The third kappa shape index (κ3) is 4.58. The lowest BCUT2D eigenvalue weighted by atomic mass is 10.1. The van der Waals surface area contributed by atoms with Gasteiger partial charge in [-0.25, -0.2) is 4.79 Å². The van der Waals surface area contributed by atoms with E-state index < -0.39 is 11.9 Å². The van der Waals surface area contributed by atoms with Gasteiger partial charge in [0.15, 0.2) is 0 Å². The quantitative estimate of drug-likeness (QED) is 0.409. The van der Waals surface area contributed by atoms with E-state index >= 15 is 0 Å². The van der Waals surface area contributed by atoms with Crippen molar-refractivity contribution in [2.75, 3.05) is 5.43 Å². The maximum atomic E-state index is 11.1. The van der Waals surface area contributed by atoms with Crippen LogP contribution in [-0.4, -0.2) is 29.5 Å². The molecule has 0 aliphatic rings. The largest absolute Gasteiger partial charge is 0.478 e. The van der Waals surface area contributed by atoms with Gasteiger partial charge in [-0.2, -0.15) is 5.10 Å². The zero-order chi connectivity index (χ0) is 14.3. The Kier molecular flexibility index (Phi) is 5.21. The Bertz CT molecular complexity index is 526. The Morgan fingerprint density at radius 1 is 1.53 bits per heavy atom. The average Bonchev–Trinajstić information content (AvgIpc) is 2.37. The van der Waals surface area contributed by atoms with Crippen LogP contribution in [-0.2, 0) is 16.1 Å². The smallest absolute Gasteiger partial charge is 0.337 e. The number of nitrogens with one attached hydrogen (secondary N) is 2. The maximum Gasteiger partial charge on any atom is 0.337 e. The fourth-order valence-corrected chi connectivity index (χ4v) is 1.28. The first-order valence-corrected chi connectivity index (χ1v) is 5.32. The number of anilines is 1. The van der Waals surface area contributed by atoms with Crippen molar-refractivity contribution in [2.45, 2.75) is 13.5 Å². The first-order chi connectivity index (χ1) is 9.04. The molecule has 0 aromatic heterocycles. The van der Waals surface area contributed by atoms with E-state index in [-0.39, 0.29) is 17.9 Å². The summed E-state index contributed by atoms with van der Waals surface area (Å²) >= 11 is 0. The van der Waals surface area contributed by atoms with E-state index in [1.54, 1.807) is 6.07 Å². The van der Waals surface area contributed by atoms with Crippen LogP contribution < -0.4 is 5.43 Å². The monoisotopic (exact) mass is 263 g/mol. The molecule has 0 spiro atoms. The van der Waals surface area contributed by atoms with Crippen molar-refractivity contribution in [3.8, 4) is 0 Å². The molecule has 0 fully saturated rings. The van der Waals surface area contributed by atoms with Gasteiger partial charge in [-0.05, 0) is 17.7 Å². The van der Waals surface area contributed by atoms with Crippen molar-refractivity contribution >= 4 is 30.1 Å². The van der Waals surface area contributed by atoms with Gasteiger partial charge in [-0.3, -0.25) is 10.2 Å². The van der Waals surface area contributed by atoms with Crippen molar-refractivity contribution in [3.63, 3.8) is 0 Å². The number of carbonyl (C=O) groups excluding carboxylic acids is 1. The summed E-state index contributed by atoms with van der Waals surface area (Å²) in [7, 11) is 0. The third-order valence-electron chi connectivity index (χ3n) is 2.09. The summed E-state index contributed by atoms with van der Waals surface area (Å²) in [6.07, 6.45) is 2.14. The van der Waals surface area contributed by atoms with Crippen LogP contribution in [0.2, 0.25) is 0 Å². The fourth-order valence-electron chi connectivity index (χ4n) is 1.28. The number of ether oxygens (including phenoxy) is 1. The Labute approximate surface area is 109 Å². The second-order valence-corrected chi connectivity index (χ2v) is 3.52. The lowest BCUT2D eigenvalue weighted by Crippen LogP contribution is -2.05. The van der Waals surface area contributed by atoms with E-state index in [0.717, 1.165) is 6.21 Å². The predicted molar refractivity (Wildman–Crippen MR) is 69.8 cm³/mol. The van der Waals surface area contributed by atoms with E-state index in [9.17, 15) is 9.59 Å². The SMILES string of the molecule is CC(=O)OCc1ccc(N/N=C\C=N)c(C(=O)O)c1. The Morgan fingerprint density at radius 2 is 2.26 bits per heavy atom. The van der Waals surface area contributed by atoms with Crippen LogP contribution in [0.1, 0.15) is 22.8 Å². The van der Waals surface area contributed by atoms with Crippen LogP contribution >= 0.6 is 0 Å². The number of rotatable bonds is 6. The second kappa shape index (κ2) is 6.90. The Morgan fingerprint density at radius 3 is 2.84 bits per heavy atom. The summed E-state index contributed by atoms with van der Waals surface area (Å²) in [6, 6.07) is 4.54. The highest BCUT2D eigenvalue weighted by Crippen LogP contribution is 2.18. The molecule has 3 N–H and O–H groups in total. The molecular weight excluding hydrogens is 250 g/mol. The van der Waals surface area contributed by atoms with Gasteiger partial charge in [0.1, 0.15) is 6.61 Å². The normalized spacial score (nSPS) is 10.2. The maximum absolute atomic E-state index is 11.1. The lowest BCUT2D eigenvalue weighted by molar-refractivity contribution is -0.142. The number of hydrazone groups is 1. The Balaban J connectivity index is 2.93. The Hall–Kier alpha value is -2.70. The number of nitrogens with zero attached hydrogens (tertiary/aromatic N) is 1. The van der Waals surface area contributed by atoms with Gasteiger partial charge in [0.2, 0.25) is 0 Å². The number of benzene rings is 1. The standard InChI is InChI=1S/C12H13N3O4/c1-8(16)19-7-9-2-3-11(15-14-5-4-13)10(6-9)12(17)18/h2-6,13,15H,7H2,1H3,(H,17,18)/b13-4?,14-5-. The van der Waals surface area contributed by atoms with Crippen LogP contribution in [0.25, 0.3) is 0 Å². The van der Waals surface area contributed by atoms with Crippen molar-refractivity contribution in [1.82, 2.24) is 0 Å². The molecule has 7 heteroatoms. The second-order valence-electron chi connectivity index (χ2n) is 3.52. The molecule has 0 bridgehead atoms. The van der Waals surface area contributed by atoms with E-state index in [2.05, 4.69) is 10.5 Å². The van der Waals surface area contributed by atoms with Crippen LogP contribution in [0.5, 0.6) is 0 Å². The molecule has 1 aromatic rings. The molecule has 0 radical (unpaired) electrons. The summed E-state index contributed by atoms with van der Waals surface area (Å²) < 4.78 is 4.79. The summed E-state index contributed by atoms with van der Waals surface area (Å²) in [5, 5.41) is 19.5. The zero-order valence-corrected chi connectivity index (χ0v) is 10.2. The number of aromatic carboxylic acids is 1. The highest BCUT2D eigenvalue weighted by Gasteiger charge is 2.11. The molecule has 0 atom stereocenters. The van der Waals surface area contributed by atoms with Gasteiger partial charge in [0, 0.05) is 13.1 Å². The van der Waals surface area contributed by atoms with E-state index in [0.29, 0.717) is 5.56 Å². The summed E-state index contributed by atoms with van der Waals surface area (Å²) in [4.78, 5) is 21.8. The number of hydrogen-bond acceptors (Lipinski definition) is 6. The first kappa shape index (κ1) is 14.4. The molecule has 1 aromatic carbocycles. The van der Waals surface area contributed by atoms with Crippen LogP contribution in [0.4, 0.5) is 5.69 Å². The third-order valence-corrected chi connectivity index (χ3v) is 2.09. The summed E-state index contributed by atoms with van der Waals surface area (Å²) in [5.41, 5.74) is 3.38. The molecular formula is C12H13N3O4. The first-order valence-electron chi connectivity index (χ1n) is 5.32. The van der Waals surface area contributed by atoms with Gasteiger partial charge in [0.25, 0.3) is 0 Å². The van der Waals surface area contributed by atoms with Crippen LogP contribution in [0.3, 0.4) is 0 Å². The number of carboxylic acid groups (broad SMARTS) is 1. The highest BCUT2D eigenvalue weighted by atomic mass is 16.5. The van der Waals surface area contributed by atoms with Crippen molar-refractivity contribution in [1.29, 1.82) is 5.41 Å². The molecule has 0 saturated carbocycles. The zero-order valence-electron chi connectivity index (χ0n) is 10.2. The van der Waals surface area contributed by atoms with Gasteiger partial charge in [0.05, 0.1) is 17.5 Å². The van der Waals surface area contributed by atoms with Gasteiger partial charge < -0.3 is 15.3 Å². The average molecular weight is 263 g/mol. The van der Waals surface area contributed by atoms with E-state index in [1.165, 1.54) is 25.3 Å². The number of carbonyl (C=O) groups is 2. The lowest BCUT2D eigenvalue weighted by Gasteiger charge is -2.08. The topological polar surface area (TPSA) is 112 Å². The highest BCUT2D eigenvalue weighted by molar-refractivity contribution is 6.14. The predicted octanol–water partition coefficient (Wildman–Crippen LogP) is 1.50. The number of carboxylic acids is 1. The van der Waals surface area contributed by atoms with Crippen molar-refractivity contribution < 1.29 is 19.4 Å². The molecule has 19 heavy (non-hydrogen) atoms. The van der Waals surface area contributed by atoms with E-state index in [1.807, 2.05) is 0 Å². The minimum atomic E-state index is -1.13. The molecule has 7 nitrogen and oxygen atoms in total. The van der Waals surface area contributed by atoms with Crippen molar-refractivity contribution in [3.05, 3.63) is 29.3 Å². The molecule has 0 heterocycles. The van der Waals surface area contributed by atoms with Gasteiger partial charge in [-0.1, -0.05) is 6.07 Å². The van der Waals surface area contributed by atoms with Gasteiger partial charge >= 0.3 is 11.9 Å². The van der Waals surface area contributed by atoms with Gasteiger partial charge in [-0.15, -0.1) is 0 Å². The van der Waals surface area contributed by atoms with Crippen LogP contribution in [0, 0.1) is 5.41 Å². The molecule has 0 aliphatic carbocycles. The summed E-state index contributed by atoms with van der Waals surface area (Å²) in [5.74, 6) is -1.56. The molecule has 0 aliphatic heterocycles. The molecule has 1 rings (SSSR count). The minimum Gasteiger partial charge on any atom is -0.478 e. The fraction of sp³-hybridized carbons (Fsp3) is 0.167. The number of esters is 1. The molecule has 0 unspecified atom stereocenters. The number of hydrogen-bond donors (Lipinski definition) is 3. The molecule has 0 amide bonds. The summed E-state index contributed by atoms with van der Waals surface area (Å²) in [6.45, 7) is 1.29. The minimum absolute atomic E-state index is 0.00628. The molecule has 100 valence electrons. The molecule has 0 saturated heterocycles. The van der Waals surface area contributed by atoms with Crippen molar-refractivity contribution in [2.24, 2.45) is 5.10 Å². The van der Waals surface area contributed by atoms with E-state index in [4.69, 9.17) is 15.3 Å².